The van der Waals surface area contributed by atoms with Gasteiger partial charge >= 0.3 is 5.97 Å². The summed E-state index contributed by atoms with van der Waals surface area (Å²) in [5.74, 6) is -1.61. The molecular formula is C11H13ClFNO2. The number of hydrogen-bond donors (Lipinski definition) is 1. The van der Waals surface area contributed by atoms with Crippen molar-refractivity contribution in [3.8, 4) is 0 Å². The zero-order valence-corrected chi connectivity index (χ0v) is 10.1. The molecule has 0 aliphatic rings. The maximum absolute atomic E-state index is 13.6. The third kappa shape index (κ3) is 2.85. The third-order valence-corrected chi connectivity index (χ3v) is 2.12. The Morgan fingerprint density at radius 1 is 1.44 bits per heavy atom. The molecular weight excluding hydrogens is 233 g/mol. The van der Waals surface area contributed by atoms with E-state index in [1.165, 1.54) is 12.1 Å². The van der Waals surface area contributed by atoms with Gasteiger partial charge in [0.25, 0.3) is 0 Å². The van der Waals surface area contributed by atoms with Crippen LogP contribution in [0, 0.1) is 5.82 Å². The van der Waals surface area contributed by atoms with Crippen LogP contribution >= 0.6 is 11.6 Å². The van der Waals surface area contributed by atoms with E-state index >= 15 is 0 Å². The highest BCUT2D eigenvalue weighted by Gasteiger charge is 2.22. The van der Waals surface area contributed by atoms with Crippen LogP contribution in [-0.4, -0.2) is 11.6 Å². The summed E-state index contributed by atoms with van der Waals surface area (Å²) >= 11 is 5.59. The summed E-state index contributed by atoms with van der Waals surface area (Å²) in [6.45, 7) is 5.09. The van der Waals surface area contributed by atoms with E-state index in [1.807, 2.05) is 0 Å². The monoisotopic (exact) mass is 245 g/mol. The maximum atomic E-state index is 13.6. The van der Waals surface area contributed by atoms with Crippen molar-refractivity contribution in [3.63, 3.8) is 0 Å². The van der Waals surface area contributed by atoms with Crippen LogP contribution in [0.3, 0.4) is 0 Å². The topological polar surface area (TPSA) is 52.3 Å². The lowest BCUT2D eigenvalue weighted by Gasteiger charge is -2.19. The fourth-order valence-electron chi connectivity index (χ4n) is 1.06. The lowest BCUT2D eigenvalue weighted by molar-refractivity contribution is 0.00648. The summed E-state index contributed by atoms with van der Waals surface area (Å²) in [6, 6.07) is 2.62. The van der Waals surface area contributed by atoms with Gasteiger partial charge in [-0.2, -0.15) is 0 Å². The van der Waals surface area contributed by atoms with Gasteiger partial charge in [-0.05, 0) is 32.9 Å². The molecule has 1 aromatic carbocycles. The highest BCUT2D eigenvalue weighted by molar-refractivity contribution is 6.33. The van der Waals surface area contributed by atoms with Crippen molar-refractivity contribution in [2.45, 2.75) is 26.4 Å². The lowest BCUT2D eigenvalue weighted by Crippen LogP contribution is -2.24. The number of ether oxygens (including phenoxy) is 1. The molecule has 0 saturated carbocycles. The molecule has 0 heterocycles. The maximum Gasteiger partial charge on any atom is 0.341 e. The highest BCUT2D eigenvalue weighted by Crippen LogP contribution is 2.26. The molecule has 3 nitrogen and oxygen atoms in total. The van der Waals surface area contributed by atoms with E-state index in [0.29, 0.717) is 0 Å². The van der Waals surface area contributed by atoms with Gasteiger partial charge in [-0.1, -0.05) is 11.6 Å². The fourth-order valence-corrected chi connectivity index (χ4v) is 1.22. The molecule has 0 spiro atoms. The zero-order valence-electron chi connectivity index (χ0n) is 9.30. The Morgan fingerprint density at radius 2 is 2.00 bits per heavy atom. The summed E-state index contributed by atoms with van der Waals surface area (Å²) < 4.78 is 18.6. The number of anilines is 1. The average Bonchev–Trinajstić information content (AvgIpc) is 2.11. The largest absolute Gasteiger partial charge is 0.456 e. The number of halogens is 2. The molecule has 0 fully saturated rings. The van der Waals surface area contributed by atoms with Gasteiger partial charge in [0.1, 0.15) is 10.6 Å². The Balaban J connectivity index is 3.06. The molecule has 0 bridgehead atoms. The van der Waals surface area contributed by atoms with Crippen molar-refractivity contribution >= 4 is 23.3 Å². The SMILES string of the molecule is CC(C)(C)OC(=O)c1ccc(N)c(Cl)c1F. The van der Waals surface area contributed by atoms with Crippen molar-refractivity contribution in [2.24, 2.45) is 0 Å². The Kier molecular flexibility index (Phi) is 3.43. The van der Waals surface area contributed by atoms with Crippen molar-refractivity contribution in [2.75, 3.05) is 5.73 Å². The first-order valence-electron chi connectivity index (χ1n) is 4.69. The van der Waals surface area contributed by atoms with Crippen LogP contribution in [0.25, 0.3) is 0 Å². The summed E-state index contributed by atoms with van der Waals surface area (Å²) in [5, 5.41) is -0.261. The van der Waals surface area contributed by atoms with Gasteiger partial charge in [0, 0.05) is 0 Å². The summed E-state index contributed by atoms with van der Waals surface area (Å²) in [7, 11) is 0. The highest BCUT2D eigenvalue weighted by atomic mass is 35.5. The first kappa shape index (κ1) is 12.8. The minimum absolute atomic E-state index is 0.0893. The number of esters is 1. The molecule has 1 aromatic rings. The molecule has 0 saturated heterocycles. The summed E-state index contributed by atoms with van der Waals surface area (Å²) in [4.78, 5) is 11.6. The number of nitrogen functional groups attached to an aromatic ring is 1. The molecule has 0 amide bonds. The van der Waals surface area contributed by atoms with Gasteiger partial charge in [-0.3, -0.25) is 0 Å². The number of benzene rings is 1. The average molecular weight is 246 g/mol. The Hall–Kier alpha value is -1.29. The van der Waals surface area contributed by atoms with E-state index in [9.17, 15) is 9.18 Å². The molecule has 0 aliphatic carbocycles. The molecule has 0 unspecified atom stereocenters. The van der Waals surface area contributed by atoms with Gasteiger partial charge in [0.2, 0.25) is 0 Å². The predicted molar refractivity (Wildman–Crippen MR) is 61.0 cm³/mol. The molecule has 88 valence electrons. The molecule has 0 radical (unpaired) electrons. The Bertz CT molecular complexity index is 427. The van der Waals surface area contributed by atoms with Gasteiger partial charge in [0.15, 0.2) is 5.82 Å². The molecule has 16 heavy (non-hydrogen) atoms. The third-order valence-electron chi connectivity index (χ3n) is 1.73. The normalized spacial score (nSPS) is 11.3. The van der Waals surface area contributed by atoms with Crippen LogP contribution in [0.4, 0.5) is 10.1 Å². The Morgan fingerprint density at radius 3 is 2.50 bits per heavy atom. The van der Waals surface area contributed by atoms with E-state index in [2.05, 4.69) is 0 Å². The molecule has 2 N–H and O–H groups in total. The second kappa shape index (κ2) is 4.29. The zero-order chi connectivity index (χ0) is 12.5. The van der Waals surface area contributed by atoms with E-state index in [-0.39, 0.29) is 16.3 Å². The van der Waals surface area contributed by atoms with Crippen LogP contribution in [0.5, 0.6) is 0 Å². The summed E-state index contributed by atoms with van der Waals surface area (Å²) in [5.41, 5.74) is 4.59. The van der Waals surface area contributed by atoms with Crippen molar-refractivity contribution in [1.29, 1.82) is 0 Å². The molecule has 0 atom stereocenters. The standard InChI is InChI=1S/C11H13ClFNO2/c1-11(2,3)16-10(15)6-4-5-7(14)8(12)9(6)13/h4-5H,14H2,1-3H3. The van der Waals surface area contributed by atoms with E-state index in [4.69, 9.17) is 22.1 Å². The van der Waals surface area contributed by atoms with Gasteiger partial charge < -0.3 is 10.5 Å². The van der Waals surface area contributed by atoms with Crippen LogP contribution < -0.4 is 5.73 Å². The minimum Gasteiger partial charge on any atom is -0.456 e. The second-order valence-electron chi connectivity index (χ2n) is 4.33. The minimum atomic E-state index is -0.851. The van der Waals surface area contributed by atoms with Gasteiger partial charge in [-0.15, -0.1) is 0 Å². The van der Waals surface area contributed by atoms with Crippen LogP contribution in [0.2, 0.25) is 5.02 Å². The predicted octanol–water partition coefficient (Wildman–Crippen LogP) is 3.02. The second-order valence-corrected chi connectivity index (χ2v) is 4.71. The molecule has 5 heteroatoms. The van der Waals surface area contributed by atoms with Crippen molar-refractivity contribution < 1.29 is 13.9 Å². The lowest BCUT2D eigenvalue weighted by atomic mass is 10.1. The van der Waals surface area contributed by atoms with Crippen molar-refractivity contribution in [3.05, 3.63) is 28.5 Å². The van der Waals surface area contributed by atoms with E-state index < -0.39 is 17.4 Å². The van der Waals surface area contributed by atoms with Crippen LogP contribution in [0.1, 0.15) is 31.1 Å². The number of carbonyl (C=O) groups is 1. The number of nitrogens with two attached hydrogens (primary N) is 1. The van der Waals surface area contributed by atoms with Crippen molar-refractivity contribution in [1.82, 2.24) is 0 Å². The molecule has 1 rings (SSSR count). The van der Waals surface area contributed by atoms with E-state index in [1.54, 1.807) is 20.8 Å². The van der Waals surface area contributed by atoms with E-state index in [0.717, 1.165) is 0 Å². The van der Waals surface area contributed by atoms with Gasteiger partial charge in [0.05, 0.1) is 11.3 Å². The molecule has 0 aliphatic heterocycles. The van der Waals surface area contributed by atoms with Gasteiger partial charge in [-0.25, -0.2) is 9.18 Å². The number of rotatable bonds is 1. The first-order valence-corrected chi connectivity index (χ1v) is 5.07. The number of hydrogen-bond acceptors (Lipinski definition) is 3. The van der Waals surface area contributed by atoms with Crippen LogP contribution in [0.15, 0.2) is 12.1 Å². The van der Waals surface area contributed by atoms with Crippen LogP contribution in [-0.2, 0) is 4.74 Å². The smallest absolute Gasteiger partial charge is 0.341 e. The Labute approximate surface area is 98.3 Å². The quantitative estimate of drug-likeness (QED) is 0.611. The summed E-state index contributed by atoms with van der Waals surface area (Å²) in [6.07, 6.45) is 0. The number of carbonyl (C=O) groups excluding carboxylic acids is 1. The molecule has 0 aromatic heterocycles. The fraction of sp³-hybridized carbons (Fsp3) is 0.364. The first-order chi connectivity index (χ1) is 7.22.